The zero-order valence-corrected chi connectivity index (χ0v) is 18.1. The molecule has 31 heavy (non-hydrogen) atoms. The predicted octanol–water partition coefficient (Wildman–Crippen LogP) is 2.03. The Kier molecular flexibility index (Phi) is 6.74. The average Bonchev–Trinajstić information content (AvgIpc) is 2.81. The third-order valence-electron chi connectivity index (χ3n) is 6.15. The van der Waals surface area contributed by atoms with E-state index >= 15 is 0 Å². The van der Waals surface area contributed by atoms with Crippen molar-refractivity contribution in [2.45, 2.75) is 44.7 Å². The van der Waals surface area contributed by atoms with Gasteiger partial charge in [-0.3, -0.25) is 9.59 Å². The SMILES string of the molecule is COc1ccccc1N1CCN(c2ccc(=O)n(CC(=O)NC3CCCCC3)n2)CC1. The highest BCUT2D eigenvalue weighted by molar-refractivity contribution is 5.76. The number of amides is 1. The molecule has 1 saturated heterocycles. The molecule has 1 amide bonds. The third kappa shape index (κ3) is 5.18. The summed E-state index contributed by atoms with van der Waals surface area (Å²) in [5, 5.41) is 7.54. The van der Waals surface area contributed by atoms with Crippen molar-refractivity contribution in [3.63, 3.8) is 0 Å². The average molecular weight is 426 g/mol. The number of piperazine rings is 1. The van der Waals surface area contributed by atoms with E-state index in [1.54, 1.807) is 13.2 Å². The first-order chi connectivity index (χ1) is 15.1. The summed E-state index contributed by atoms with van der Waals surface area (Å²) in [6.07, 6.45) is 5.58. The lowest BCUT2D eigenvalue weighted by molar-refractivity contribution is -0.122. The molecule has 1 aliphatic carbocycles. The Hall–Kier alpha value is -3.03. The summed E-state index contributed by atoms with van der Waals surface area (Å²) in [6, 6.07) is 11.5. The summed E-state index contributed by atoms with van der Waals surface area (Å²) in [5.74, 6) is 1.45. The lowest BCUT2D eigenvalue weighted by Crippen LogP contribution is -2.47. The molecule has 2 heterocycles. The molecule has 1 saturated carbocycles. The molecule has 1 aromatic carbocycles. The van der Waals surface area contributed by atoms with Gasteiger partial charge >= 0.3 is 0 Å². The second kappa shape index (κ2) is 9.85. The predicted molar refractivity (Wildman–Crippen MR) is 121 cm³/mol. The lowest BCUT2D eigenvalue weighted by atomic mass is 9.95. The van der Waals surface area contributed by atoms with E-state index in [0.29, 0.717) is 0 Å². The molecule has 0 spiro atoms. The van der Waals surface area contributed by atoms with Gasteiger partial charge in [0.05, 0.1) is 12.8 Å². The second-order valence-electron chi connectivity index (χ2n) is 8.24. The van der Waals surface area contributed by atoms with E-state index in [9.17, 15) is 9.59 Å². The van der Waals surface area contributed by atoms with Crippen LogP contribution in [-0.4, -0.2) is 55.0 Å². The van der Waals surface area contributed by atoms with Crippen LogP contribution in [0.1, 0.15) is 32.1 Å². The minimum atomic E-state index is -0.254. The fourth-order valence-electron chi connectivity index (χ4n) is 4.44. The van der Waals surface area contributed by atoms with Gasteiger partial charge in [-0.15, -0.1) is 0 Å². The molecule has 166 valence electrons. The highest BCUT2D eigenvalue weighted by atomic mass is 16.5. The van der Waals surface area contributed by atoms with Gasteiger partial charge in [-0.05, 0) is 31.0 Å². The number of anilines is 2. The maximum Gasteiger partial charge on any atom is 0.267 e. The fourth-order valence-corrected chi connectivity index (χ4v) is 4.44. The van der Waals surface area contributed by atoms with Gasteiger partial charge in [0, 0.05) is 38.3 Å². The van der Waals surface area contributed by atoms with Crippen molar-refractivity contribution in [1.82, 2.24) is 15.1 Å². The molecule has 0 radical (unpaired) electrons. The van der Waals surface area contributed by atoms with Crippen LogP contribution in [0.2, 0.25) is 0 Å². The molecular weight excluding hydrogens is 394 g/mol. The van der Waals surface area contributed by atoms with Crippen LogP contribution in [0.15, 0.2) is 41.2 Å². The minimum Gasteiger partial charge on any atom is -0.495 e. The Bertz CT molecular complexity index is 946. The maximum absolute atomic E-state index is 12.4. The van der Waals surface area contributed by atoms with Crippen LogP contribution in [0.25, 0.3) is 0 Å². The normalized spacial score (nSPS) is 17.5. The molecule has 1 aromatic heterocycles. The largest absolute Gasteiger partial charge is 0.495 e. The van der Waals surface area contributed by atoms with Crippen molar-refractivity contribution in [2.75, 3.05) is 43.1 Å². The van der Waals surface area contributed by atoms with Gasteiger partial charge in [0.1, 0.15) is 18.1 Å². The first-order valence-corrected chi connectivity index (χ1v) is 11.1. The molecule has 0 bridgehead atoms. The zero-order chi connectivity index (χ0) is 21.6. The Morgan fingerprint density at radius 2 is 1.74 bits per heavy atom. The van der Waals surface area contributed by atoms with Crippen molar-refractivity contribution in [1.29, 1.82) is 0 Å². The molecule has 4 rings (SSSR count). The van der Waals surface area contributed by atoms with Crippen molar-refractivity contribution < 1.29 is 9.53 Å². The van der Waals surface area contributed by atoms with Crippen LogP contribution in [0, 0.1) is 0 Å². The number of para-hydroxylation sites is 2. The van der Waals surface area contributed by atoms with E-state index < -0.39 is 0 Å². The van der Waals surface area contributed by atoms with Gasteiger partial charge in [-0.1, -0.05) is 31.4 Å². The summed E-state index contributed by atoms with van der Waals surface area (Å²) >= 11 is 0. The number of benzene rings is 1. The monoisotopic (exact) mass is 425 g/mol. The number of carbonyl (C=O) groups excluding carboxylic acids is 1. The van der Waals surface area contributed by atoms with E-state index in [-0.39, 0.29) is 24.1 Å². The van der Waals surface area contributed by atoms with Crippen LogP contribution < -0.4 is 25.4 Å². The molecule has 0 unspecified atom stereocenters. The molecule has 1 aliphatic heterocycles. The summed E-state index contributed by atoms with van der Waals surface area (Å²) in [5.41, 5.74) is 0.831. The van der Waals surface area contributed by atoms with Crippen molar-refractivity contribution >= 4 is 17.4 Å². The number of carbonyl (C=O) groups is 1. The topological polar surface area (TPSA) is 79.7 Å². The van der Waals surface area contributed by atoms with E-state index in [1.165, 1.54) is 17.2 Å². The number of nitrogens with zero attached hydrogens (tertiary/aromatic N) is 4. The fraction of sp³-hybridized carbons (Fsp3) is 0.522. The summed E-state index contributed by atoms with van der Waals surface area (Å²) in [4.78, 5) is 29.2. The number of nitrogens with one attached hydrogen (secondary N) is 1. The van der Waals surface area contributed by atoms with Gasteiger partial charge in [0.2, 0.25) is 5.91 Å². The van der Waals surface area contributed by atoms with E-state index in [0.717, 1.165) is 69.1 Å². The molecule has 1 N–H and O–H groups in total. The highest BCUT2D eigenvalue weighted by Gasteiger charge is 2.22. The molecule has 8 heteroatoms. The van der Waals surface area contributed by atoms with Crippen LogP contribution in [0.4, 0.5) is 11.5 Å². The maximum atomic E-state index is 12.4. The van der Waals surface area contributed by atoms with Crippen molar-refractivity contribution in [3.8, 4) is 5.75 Å². The van der Waals surface area contributed by atoms with E-state index in [1.807, 2.05) is 18.2 Å². The summed E-state index contributed by atoms with van der Waals surface area (Å²) in [7, 11) is 1.69. The number of ether oxygens (including phenoxy) is 1. The standard InChI is InChI=1S/C23H31N5O3/c1-31-20-10-6-5-9-19(20)26-13-15-27(16-14-26)21-11-12-23(30)28(25-21)17-22(29)24-18-7-3-2-4-8-18/h5-6,9-12,18H,2-4,7-8,13-17H2,1H3,(H,24,29). The Balaban J connectivity index is 1.38. The second-order valence-corrected chi connectivity index (χ2v) is 8.24. The smallest absolute Gasteiger partial charge is 0.267 e. The number of hydrogen-bond donors (Lipinski definition) is 1. The van der Waals surface area contributed by atoms with Gasteiger partial charge in [-0.25, -0.2) is 4.68 Å². The van der Waals surface area contributed by atoms with Crippen LogP contribution in [0.3, 0.4) is 0 Å². The summed E-state index contributed by atoms with van der Waals surface area (Å²) in [6.45, 7) is 3.16. The minimum absolute atomic E-state index is 0.0373. The molecule has 8 nitrogen and oxygen atoms in total. The van der Waals surface area contributed by atoms with E-state index in [2.05, 4.69) is 26.3 Å². The zero-order valence-electron chi connectivity index (χ0n) is 18.1. The van der Waals surface area contributed by atoms with Gasteiger partial charge in [0.15, 0.2) is 0 Å². The quantitative estimate of drug-likeness (QED) is 0.763. The van der Waals surface area contributed by atoms with Gasteiger partial charge in [-0.2, -0.15) is 5.10 Å². The van der Waals surface area contributed by atoms with Crippen LogP contribution >= 0.6 is 0 Å². The number of hydrogen-bond acceptors (Lipinski definition) is 6. The van der Waals surface area contributed by atoms with Gasteiger partial charge in [0.25, 0.3) is 5.56 Å². The first-order valence-electron chi connectivity index (χ1n) is 11.1. The first kappa shape index (κ1) is 21.2. The number of rotatable bonds is 6. The Labute approximate surface area is 182 Å². The van der Waals surface area contributed by atoms with Crippen LogP contribution in [0.5, 0.6) is 5.75 Å². The van der Waals surface area contributed by atoms with E-state index in [4.69, 9.17) is 4.74 Å². The molecule has 2 aliphatic rings. The molecule has 0 atom stereocenters. The lowest BCUT2D eigenvalue weighted by Gasteiger charge is -2.37. The van der Waals surface area contributed by atoms with Crippen LogP contribution in [-0.2, 0) is 11.3 Å². The Morgan fingerprint density at radius 1 is 1.03 bits per heavy atom. The molecular formula is C23H31N5O3. The third-order valence-corrected chi connectivity index (χ3v) is 6.15. The number of methoxy groups -OCH3 is 1. The van der Waals surface area contributed by atoms with Gasteiger partial charge < -0.3 is 19.9 Å². The summed E-state index contributed by atoms with van der Waals surface area (Å²) < 4.78 is 6.76. The molecule has 2 fully saturated rings. The molecule has 2 aromatic rings. The number of aromatic nitrogens is 2. The van der Waals surface area contributed by atoms with Crippen molar-refractivity contribution in [3.05, 3.63) is 46.8 Å². The highest BCUT2D eigenvalue weighted by Crippen LogP contribution is 2.28. The Morgan fingerprint density at radius 3 is 2.48 bits per heavy atom. The van der Waals surface area contributed by atoms with Crippen molar-refractivity contribution in [2.24, 2.45) is 0 Å².